The van der Waals surface area contributed by atoms with Crippen molar-refractivity contribution in [2.24, 2.45) is 0 Å². The van der Waals surface area contributed by atoms with Crippen LogP contribution in [0.3, 0.4) is 0 Å². The van der Waals surface area contributed by atoms with Crippen molar-refractivity contribution in [2.75, 3.05) is 12.4 Å². The molecule has 0 unspecified atom stereocenters. The van der Waals surface area contributed by atoms with Gasteiger partial charge in [0, 0.05) is 14.8 Å². The molecular weight excluding hydrogens is 407 g/mol. The molecule has 2 aromatic rings. The average molecular weight is 420 g/mol. The predicted octanol–water partition coefficient (Wildman–Crippen LogP) is 3.55. The number of phenolic OH excluding ortho intramolecular Hbond substituents is 1. The molecule has 23 heavy (non-hydrogen) atoms. The first-order chi connectivity index (χ1) is 11.0. The van der Waals surface area contributed by atoms with Crippen molar-refractivity contribution in [1.82, 2.24) is 0 Å². The van der Waals surface area contributed by atoms with Gasteiger partial charge in [0.15, 0.2) is 11.5 Å². The lowest BCUT2D eigenvalue weighted by Crippen LogP contribution is -2.13. The Morgan fingerprint density at radius 2 is 2.04 bits per heavy atom. The average Bonchev–Trinajstić information content (AvgIpc) is 2.55. The van der Waals surface area contributed by atoms with Crippen LogP contribution in [0, 0.1) is 14.9 Å². The Balaban J connectivity index is 2.34. The molecule has 0 saturated carbocycles. The van der Waals surface area contributed by atoms with E-state index in [9.17, 15) is 15.2 Å². The van der Waals surface area contributed by atoms with Gasteiger partial charge in [0.1, 0.15) is 11.6 Å². The highest BCUT2D eigenvalue weighted by molar-refractivity contribution is 14.1. The molecule has 0 atom stereocenters. The fourth-order valence-corrected chi connectivity index (χ4v) is 2.50. The molecule has 0 saturated heterocycles. The van der Waals surface area contributed by atoms with E-state index < -0.39 is 5.91 Å². The van der Waals surface area contributed by atoms with E-state index in [0.29, 0.717) is 11.3 Å². The van der Waals surface area contributed by atoms with E-state index in [1.165, 1.54) is 13.2 Å². The zero-order valence-corrected chi connectivity index (χ0v) is 14.4. The summed E-state index contributed by atoms with van der Waals surface area (Å²) in [6, 6.07) is 14.0. The Kier molecular flexibility index (Phi) is 5.60. The van der Waals surface area contributed by atoms with Gasteiger partial charge in [-0.15, -0.1) is 0 Å². The van der Waals surface area contributed by atoms with Crippen molar-refractivity contribution >= 4 is 40.3 Å². The molecule has 0 heterocycles. The maximum atomic E-state index is 12.2. The second kappa shape index (κ2) is 7.65. The van der Waals surface area contributed by atoms with Crippen LogP contribution in [-0.4, -0.2) is 18.1 Å². The Labute approximate surface area is 147 Å². The van der Waals surface area contributed by atoms with Gasteiger partial charge in [-0.05, 0) is 52.9 Å². The molecule has 0 fully saturated rings. The molecule has 0 aliphatic heterocycles. The van der Waals surface area contributed by atoms with Crippen LogP contribution in [0.2, 0.25) is 0 Å². The van der Waals surface area contributed by atoms with E-state index in [2.05, 4.69) is 27.9 Å². The smallest absolute Gasteiger partial charge is 0.266 e. The Hall–Kier alpha value is -2.53. The molecule has 0 radical (unpaired) electrons. The van der Waals surface area contributed by atoms with Crippen LogP contribution in [0.5, 0.6) is 11.5 Å². The van der Waals surface area contributed by atoms with Crippen LogP contribution in [0.25, 0.3) is 6.08 Å². The number of carbonyl (C=O) groups excluding carboxylic acids is 1. The summed E-state index contributed by atoms with van der Waals surface area (Å²) in [7, 11) is 1.44. The minimum absolute atomic E-state index is 0.117. The van der Waals surface area contributed by atoms with Crippen LogP contribution in [0.1, 0.15) is 5.56 Å². The van der Waals surface area contributed by atoms with Gasteiger partial charge in [-0.1, -0.05) is 18.2 Å². The molecule has 0 aliphatic carbocycles. The van der Waals surface area contributed by atoms with Crippen LogP contribution in [0.4, 0.5) is 5.69 Å². The lowest BCUT2D eigenvalue weighted by Gasteiger charge is -2.08. The summed E-state index contributed by atoms with van der Waals surface area (Å²) in [6.45, 7) is 0. The molecule has 0 aromatic heterocycles. The molecule has 2 N–H and O–H groups in total. The van der Waals surface area contributed by atoms with Crippen molar-refractivity contribution in [2.45, 2.75) is 0 Å². The van der Waals surface area contributed by atoms with Crippen LogP contribution >= 0.6 is 22.6 Å². The summed E-state index contributed by atoms with van der Waals surface area (Å²) in [5, 5.41) is 22.0. The number of rotatable bonds is 4. The second-order valence-electron chi connectivity index (χ2n) is 4.54. The minimum atomic E-state index is -0.545. The number of nitrogens with zero attached hydrogens (tertiary/aromatic N) is 1. The number of amides is 1. The SMILES string of the molecule is COc1cc(I)cc(/C=C(/C#N)C(=O)Nc2ccccc2)c1O. The van der Waals surface area contributed by atoms with E-state index in [0.717, 1.165) is 3.57 Å². The molecule has 0 aliphatic rings. The molecule has 2 rings (SSSR count). The summed E-state index contributed by atoms with van der Waals surface area (Å²) in [5.41, 5.74) is 0.810. The number of anilines is 1. The fraction of sp³-hybridized carbons (Fsp3) is 0.0588. The van der Waals surface area contributed by atoms with E-state index in [-0.39, 0.29) is 17.1 Å². The third-order valence-electron chi connectivity index (χ3n) is 2.99. The van der Waals surface area contributed by atoms with Crippen LogP contribution < -0.4 is 10.1 Å². The molecule has 6 heteroatoms. The van der Waals surface area contributed by atoms with Gasteiger partial charge < -0.3 is 15.2 Å². The van der Waals surface area contributed by atoms with Crippen molar-refractivity contribution in [1.29, 1.82) is 5.26 Å². The lowest BCUT2D eigenvalue weighted by molar-refractivity contribution is -0.112. The van der Waals surface area contributed by atoms with Gasteiger partial charge in [0.05, 0.1) is 7.11 Å². The zero-order chi connectivity index (χ0) is 16.8. The third kappa shape index (κ3) is 4.23. The van der Waals surface area contributed by atoms with E-state index in [1.54, 1.807) is 36.4 Å². The number of aromatic hydroxyl groups is 1. The number of halogens is 1. The number of methoxy groups -OCH3 is 1. The molecule has 116 valence electrons. The number of ether oxygens (including phenoxy) is 1. The molecular formula is C17H13IN2O3. The summed E-state index contributed by atoms with van der Waals surface area (Å²) in [4.78, 5) is 12.2. The van der Waals surface area contributed by atoms with Crippen molar-refractivity contribution in [3.8, 4) is 17.6 Å². The number of para-hydroxylation sites is 1. The zero-order valence-electron chi connectivity index (χ0n) is 12.2. The summed E-state index contributed by atoms with van der Waals surface area (Å²) < 4.78 is 5.88. The first-order valence-electron chi connectivity index (χ1n) is 6.60. The van der Waals surface area contributed by atoms with Gasteiger partial charge in [-0.2, -0.15) is 5.26 Å². The third-order valence-corrected chi connectivity index (χ3v) is 3.61. The van der Waals surface area contributed by atoms with Gasteiger partial charge in [0.2, 0.25) is 0 Å². The largest absolute Gasteiger partial charge is 0.504 e. The van der Waals surface area contributed by atoms with Crippen LogP contribution in [0.15, 0.2) is 48.0 Å². The molecule has 2 aromatic carbocycles. The van der Waals surface area contributed by atoms with Crippen molar-refractivity contribution in [3.63, 3.8) is 0 Å². The Morgan fingerprint density at radius 1 is 1.35 bits per heavy atom. The number of phenols is 1. The monoisotopic (exact) mass is 420 g/mol. The molecule has 1 amide bonds. The van der Waals surface area contributed by atoms with E-state index in [4.69, 9.17) is 4.74 Å². The topological polar surface area (TPSA) is 82.3 Å². The van der Waals surface area contributed by atoms with Gasteiger partial charge in [0.25, 0.3) is 5.91 Å². The lowest BCUT2D eigenvalue weighted by atomic mass is 10.1. The molecule has 5 nitrogen and oxygen atoms in total. The number of benzene rings is 2. The Bertz CT molecular complexity index is 795. The predicted molar refractivity (Wildman–Crippen MR) is 96.0 cm³/mol. The second-order valence-corrected chi connectivity index (χ2v) is 5.78. The normalized spacial score (nSPS) is 10.7. The quantitative estimate of drug-likeness (QED) is 0.450. The highest BCUT2D eigenvalue weighted by Crippen LogP contribution is 2.33. The highest BCUT2D eigenvalue weighted by atomic mass is 127. The van der Waals surface area contributed by atoms with Crippen LogP contribution in [-0.2, 0) is 4.79 Å². The van der Waals surface area contributed by atoms with E-state index >= 15 is 0 Å². The standard InChI is InChI=1S/C17H13IN2O3/c1-23-15-9-13(18)8-11(16(15)21)7-12(10-19)17(22)20-14-5-3-2-4-6-14/h2-9,21H,1H3,(H,20,22)/b12-7-. The summed E-state index contributed by atoms with van der Waals surface area (Å²) >= 11 is 2.06. The summed E-state index contributed by atoms with van der Waals surface area (Å²) in [6.07, 6.45) is 1.33. The fourth-order valence-electron chi connectivity index (χ4n) is 1.88. The van der Waals surface area contributed by atoms with Gasteiger partial charge in [-0.25, -0.2) is 0 Å². The summed E-state index contributed by atoms with van der Waals surface area (Å²) in [5.74, 6) is -0.381. The molecule has 0 bridgehead atoms. The van der Waals surface area contributed by atoms with Gasteiger partial charge >= 0.3 is 0 Å². The van der Waals surface area contributed by atoms with Crippen molar-refractivity contribution < 1.29 is 14.6 Å². The van der Waals surface area contributed by atoms with Gasteiger partial charge in [-0.3, -0.25) is 4.79 Å². The Morgan fingerprint density at radius 3 is 2.65 bits per heavy atom. The van der Waals surface area contributed by atoms with E-state index in [1.807, 2.05) is 12.1 Å². The first-order valence-corrected chi connectivity index (χ1v) is 7.67. The number of hydrogen-bond donors (Lipinski definition) is 2. The highest BCUT2D eigenvalue weighted by Gasteiger charge is 2.13. The number of nitrogens with one attached hydrogen (secondary N) is 1. The number of nitriles is 1. The van der Waals surface area contributed by atoms with Crippen molar-refractivity contribution in [3.05, 3.63) is 57.2 Å². The number of carbonyl (C=O) groups is 1. The number of hydrogen-bond acceptors (Lipinski definition) is 4. The maximum Gasteiger partial charge on any atom is 0.266 e. The maximum absolute atomic E-state index is 12.2. The minimum Gasteiger partial charge on any atom is -0.504 e. The molecule has 0 spiro atoms. The first kappa shape index (κ1) is 16.8.